The lowest BCUT2D eigenvalue weighted by atomic mass is 10.1. The third kappa shape index (κ3) is 1.87. The van der Waals surface area contributed by atoms with Gasteiger partial charge in [0.05, 0.1) is 0 Å². The fourth-order valence-corrected chi connectivity index (χ4v) is 1.05. The molecule has 0 bridgehead atoms. The van der Waals surface area contributed by atoms with Crippen LogP contribution in [0.15, 0.2) is 18.2 Å². The number of halogens is 2. The molecule has 12 heavy (non-hydrogen) atoms. The molecule has 0 aliphatic rings. The number of hydrogen-bond acceptors (Lipinski definition) is 2. The Morgan fingerprint density at radius 1 is 1.50 bits per heavy atom. The number of benzene rings is 1. The summed E-state index contributed by atoms with van der Waals surface area (Å²) in [6.45, 7) is -0.921. The van der Waals surface area contributed by atoms with E-state index in [4.69, 9.17) is 16.7 Å². The minimum Gasteiger partial charge on any atom is -0.508 e. The maximum atomic E-state index is 12.0. The monoisotopic (exact) mass is 190 g/mol. The normalized spacial score (nSPS) is 12.9. The molecule has 0 heterocycles. The molecule has 4 heteroatoms. The van der Waals surface area contributed by atoms with E-state index >= 15 is 0 Å². The molecule has 0 spiro atoms. The van der Waals surface area contributed by atoms with Gasteiger partial charge in [-0.25, -0.2) is 4.39 Å². The summed E-state index contributed by atoms with van der Waals surface area (Å²) in [5.74, 6) is -0.187. The van der Waals surface area contributed by atoms with Gasteiger partial charge in [0, 0.05) is 10.6 Å². The van der Waals surface area contributed by atoms with Crippen LogP contribution in [0.5, 0.6) is 5.75 Å². The summed E-state index contributed by atoms with van der Waals surface area (Å²) in [4.78, 5) is 0. The van der Waals surface area contributed by atoms with Crippen LogP contribution in [0.2, 0.25) is 5.02 Å². The van der Waals surface area contributed by atoms with Crippen LogP contribution in [0.3, 0.4) is 0 Å². The third-order valence-electron chi connectivity index (χ3n) is 1.50. The van der Waals surface area contributed by atoms with E-state index in [1.165, 1.54) is 18.2 Å². The Morgan fingerprint density at radius 2 is 2.17 bits per heavy atom. The lowest BCUT2D eigenvalue weighted by Crippen LogP contribution is -1.99. The third-order valence-corrected chi connectivity index (χ3v) is 1.73. The Kier molecular flexibility index (Phi) is 2.89. The molecule has 1 rings (SSSR count). The summed E-state index contributed by atoms with van der Waals surface area (Å²) < 4.78 is 12.0. The Bertz CT molecular complexity index is 278. The van der Waals surface area contributed by atoms with Crippen LogP contribution < -0.4 is 0 Å². The molecule has 0 aliphatic heterocycles. The number of rotatable bonds is 2. The quantitative estimate of drug-likeness (QED) is 0.750. The predicted octanol–water partition coefficient (Wildman–Crippen LogP) is 2.05. The topological polar surface area (TPSA) is 40.5 Å². The first kappa shape index (κ1) is 9.29. The Morgan fingerprint density at radius 3 is 2.67 bits per heavy atom. The molecule has 1 unspecified atom stereocenters. The number of alkyl halides is 1. The number of aromatic hydroxyl groups is 1. The number of aliphatic hydroxyl groups excluding tert-OH is 1. The van der Waals surface area contributed by atoms with Crippen molar-refractivity contribution in [1.29, 1.82) is 0 Å². The number of aliphatic hydroxyl groups is 1. The van der Waals surface area contributed by atoms with Crippen molar-refractivity contribution in [3.63, 3.8) is 0 Å². The second-order valence-corrected chi connectivity index (χ2v) is 2.81. The summed E-state index contributed by atoms with van der Waals surface area (Å²) in [7, 11) is 0. The van der Waals surface area contributed by atoms with Gasteiger partial charge in [-0.1, -0.05) is 17.7 Å². The lowest BCUT2D eigenvalue weighted by Gasteiger charge is -2.08. The second-order valence-electron chi connectivity index (χ2n) is 2.37. The maximum absolute atomic E-state index is 12.0. The van der Waals surface area contributed by atoms with Gasteiger partial charge >= 0.3 is 0 Å². The molecule has 2 nitrogen and oxygen atoms in total. The average molecular weight is 191 g/mol. The van der Waals surface area contributed by atoms with E-state index in [0.717, 1.165) is 0 Å². The average Bonchev–Trinajstić information content (AvgIpc) is 2.03. The highest BCUT2D eigenvalue weighted by molar-refractivity contribution is 6.30. The molecule has 0 amide bonds. The Hall–Kier alpha value is -0.800. The van der Waals surface area contributed by atoms with E-state index in [1.54, 1.807) is 0 Å². The Balaban J connectivity index is 3.01. The van der Waals surface area contributed by atoms with E-state index in [-0.39, 0.29) is 11.3 Å². The van der Waals surface area contributed by atoms with Crippen molar-refractivity contribution >= 4 is 11.6 Å². The molecule has 1 aromatic carbocycles. The highest BCUT2D eigenvalue weighted by Crippen LogP contribution is 2.27. The van der Waals surface area contributed by atoms with Gasteiger partial charge < -0.3 is 10.2 Å². The van der Waals surface area contributed by atoms with Gasteiger partial charge in [-0.2, -0.15) is 0 Å². The largest absolute Gasteiger partial charge is 0.508 e. The highest BCUT2D eigenvalue weighted by atomic mass is 35.5. The van der Waals surface area contributed by atoms with Gasteiger partial charge in [-0.3, -0.25) is 0 Å². The van der Waals surface area contributed by atoms with E-state index in [0.29, 0.717) is 5.02 Å². The minimum absolute atomic E-state index is 0.155. The van der Waals surface area contributed by atoms with Crippen LogP contribution in [0.4, 0.5) is 4.39 Å². The molecule has 1 aromatic rings. The van der Waals surface area contributed by atoms with Gasteiger partial charge in [0.15, 0.2) is 0 Å². The number of phenols is 1. The first-order chi connectivity index (χ1) is 5.65. The molecule has 0 saturated carbocycles. The van der Waals surface area contributed by atoms with Crippen molar-refractivity contribution < 1.29 is 14.6 Å². The molecule has 0 aromatic heterocycles. The van der Waals surface area contributed by atoms with Gasteiger partial charge in [0.2, 0.25) is 0 Å². The molecule has 66 valence electrons. The van der Waals surface area contributed by atoms with Crippen LogP contribution in [0.25, 0.3) is 0 Å². The summed E-state index contributed by atoms with van der Waals surface area (Å²) >= 11 is 5.53. The summed E-state index contributed by atoms with van der Waals surface area (Å²) in [5, 5.41) is 18.6. The lowest BCUT2D eigenvalue weighted by molar-refractivity contribution is 0.138. The SMILES string of the molecule is Oc1cc(Cl)ccc1C(O)CF. The molecular formula is C8H8ClFO2. The standard InChI is InChI=1S/C8H8ClFO2/c9-5-1-2-6(7(11)3-5)8(12)4-10/h1-3,8,11-12H,4H2. The van der Waals surface area contributed by atoms with Gasteiger partial charge in [0.1, 0.15) is 18.5 Å². The smallest absolute Gasteiger partial charge is 0.122 e. The first-order valence-electron chi connectivity index (χ1n) is 3.37. The fraction of sp³-hybridized carbons (Fsp3) is 0.250. The zero-order valence-electron chi connectivity index (χ0n) is 6.17. The van der Waals surface area contributed by atoms with Crippen molar-refractivity contribution in [2.75, 3.05) is 6.67 Å². The van der Waals surface area contributed by atoms with Crippen LogP contribution in [-0.2, 0) is 0 Å². The predicted molar refractivity (Wildman–Crippen MR) is 44.1 cm³/mol. The van der Waals surface area contributed by atoms with Crippen molar-refractivity contribution in [2.45, 2.75) is 6.10 Å². The molecule has 0 fully saturated rings. The van der Waals surface area contributed by atoms with Crippen molar-refractivity contribution in [3.8, 4) is 5.75 Å². The fourth-order valence-electron chi connectivity index (χ4n) is 0.882. The zero-order chi connectivity index (χ0) is 9.14. The van der Waals surface area contributed by atoms with Gasteiger partial charge in [-0.15, -0.1) is 0 Å². The first-order valence-corrected chi connectivity index (χ1v) is 3.75. The minimum atomic E-state index is -1.28. The van der Waals surface area contributed by atoms with Crippen molar-refractivity contribution in [1.82, 2.24) is 0 Å². The number of hydrogen-bond donors (Lipinski definition) is 2. The van der Waals surface area contributed by atoms with E-state index < -0.39 is 12.8 Å². The van der Waals surface area contributed by atoms with Crippen LogP contribution in [-0.4, -0.2) is 16.9 Å². The van der Waals surface area contributed by atoms with Crippen LogP contribution in [0.1, 0.15) is 11.7 Å². The van der Waals surface area contributed by atoms with Crippen LogP contribution >= 0.6 is 11.6 Å². The van der Waals surface area contributed by atoms with Gasteiger partial charge in [0.25, 0.3) is 0 Å². The van der Waals surface area contributed by atoms with Crippen molar-refractivity contribution in [3.05, 3.63) is 28.8 Å². The summed E-state index contributed by atoms with van der Waals surface area (Å²) in [6.07, 6.45) is -1.28. The zero-order valence-corrected chi connectivity index (χ0v) is 6.92. The number of phenolic OH excluding ortho intramolecular Hbond substituents is 1. The summed E-state index contributed by atoms with van der Waals surface area (Å²) in [6, 6.07) is 4.13. The molecule has 1 atom stereocenters. The van der Waals surface area contributed by atoms with E-state index in [2.05, 4.69) is 0 Å². The summed E-state index contributed by atoms with van der Waals surface area (Å²) in [5.41, 5.74) is 0.155. The molecule has 0 radical (unpaired) electrons. The van der Waals surface area contributed by atoms with E-state index in [1.807, 2.05) is 0 Å². The van der Waals surface area contributed by atoms with Crippen LogP contribution in [0, 0.1) is 0 Å². The molecule has 2 N–H and O–H groups in total. The molecular weight excluding hydrogens is 183 g/mol. The highest BCUT2D eigenvalue weighted by Gasteiger charge is 2.11. The maximum Gasteiger partial charge on any atom is 0.122 e. The van der Waals surface area contributed by atoms with Crippen molar-refractivity contribution in [2.24, 2.45) is 0 Å². The Labute approximate surface area is 74.2 Å². The molecule has 0 aliphatic carbocycles. The van der Waals surface area contributed by atoms with E-state index in [9.17, 15) is 9.50 Å². The molecule has 0 saturated heterocycles. The van der Waals surface area contributed by atoms with Gasteiger partial charge in [-0.05, 0) is 12.1 Å². The second kappa shape index (κ2) is 3.74.